The molecule has 1 aliphatic carbocycles. The van der Waals surface area contributed by atoms with Crippen molar-refractivity contribution < 1.29 is 14.3 Å². The molecule has 1 aromatic carbocycles. The smallest absolute Gasteiger partial charge is 0.410 e. The van der Waals surface area contributed by atoms with Gasteiger partial charge >= 0.3 is 6.09 Å². The van der Waals surface area contributed by atoms with Crippen LogP contribution in [0.15, 0.2) is 24.3 Å². The van der Waals surface area contributed by atoms with E-state index in [1.165, 1.54) is 12.0 Å². The lowest BCUT2D eigenvalue weighted by molar-refractivity contribution is -0.120. The van der Waals surface area contributed by atoms with Crippen LogP contribution < -0.4 is 5.32 Å². The Balaban J connectivity index is 1.51. The molecule has 2 amide bonds. The minimum atomic E-state index is -0.277. The molecule has 0 radical (unpaired) electrons. The van der Waals surface area contributed by atoms with Crippen molar-refractivity contribution in [2.24, 2.45) is 5.92 Å². The summed E-state index contributed by atoms with van der Waals surface area (Å²) in [5, 5.41) is 5.07. The fourth-order valence-corrected chi connectivity index (χ4v) is 7.02. The molecule has 1 fully saturated rings. The zero-order valence-corrected chi connectivity index (χ0v) is 19.8. The predicted octanol–water partition coefficient (Wildman–Crippen LogP) is 6.06. The molecule has 1 aliphatic heterocycles. The molecule has 6 nitrogen and oxygen atoms in total. The van der Waals surface area contributed by atoms with Gasteiger partial charge in [0.2, 0.25) is 5.91 Å². The molecule has 2 aromatic heterocycles. The summed E-state index contributed by atoms with van der Waals surface area (Å²) in [5.74, 6) is 0.204. The van der Waals surface area contributed by atoms with Gasteiger partial charge < -0.3 is 15.0 Å². The van der Waals surface area contributed by atoms with Crippen molar-refractivity contribution in [1.82, 2.24) is 9.88 Å². The largest absolute Gasteiger partial charge is 0.450 e. The molecule has 3 aromatic rings. The lowest BCUT2D eigenvalue weighted by Crippen LogP contribution is -2.35. The summed E-state index contributed by atoms with van der Waals surface area (Å²) >= 11 is 3.24. The Kier molecular flexibility index (Phi) is 6.15. The highest BCUT2D eigenvalue weighted by molar-refractivity contribution is 7.22. The lowest BCUT2D eigenvalue weighted by atomic mass is 9.88. The van der Waals surface area contributed by atoms with E-state index < -0.39 is 0 Å². The summed E-state index contributed by atoms with van der Waals surface area (Å²) in [4.78, 5) is 33.1. The number of thiazole rings is 1. The Labute approximate surface area is 195 Å². The van der Waals surface area contributed by atoms with Crippen LogP contribution in [-0.4, -0.2) is 35.0 Å². The van der Waals surface area contributed by atoms with Crippen molar-refractivity contribution in [3.63, 3.8) is 0 Å². The van der Waals surface area contributed by atoms with Gasteiger partial charge in [-0.25, -0.2) is 9.78 Å². The standard InChI is InChI=1S/C24H27N3O3S2/c1-2-30-24(29)27-13-12-16-19(14-27)32-23(26-21(28)15-8-4-3-5-9-15)20(16)22-25-17-10-6-7-11-18(17)31-22/h6-7,10-11,15H,2-5,8-9,12-14H2,1H3,(H,26,28). The molecule has 0 spiro atoms. The second-order valence-electron chi connectivity index (χ2n) is 8.39. The Morgan fingerprint density at radius 3 is 2.78 bits per heavy atom. The summed E-state index contributed by atoms with van der Waals surface area (Å²) in [6.07, 6.45) is 5.85. The first-order valence-corrected chi connectivity index (χ1v) is 13.0. The number of rotatable bonds is 4. The fraction of sp³-hybridized carbons (Fsp3) is 0.458. The summed E-state index contributed by atoms with van der Waals surface area (Å²) in [6, 6.07) is 8.13. The highest BCUT2D eigenvalue weighted by Gasteiger charge is 2.31. The maximum absolute atomic E-state index is 13.1. The number of ether oxygens (including phenoxy) is 1. The molecular weight excluding hydrogens is 442 g/mol. The first kappa shape index (κ1) is 21.4. The average Bonchev–Trinajstić information content (AvgIpc) is 3.39. The zero-order valence-electron chi connectivity index (χ0n) is 18.2. The molecule has 1 N–H and O–H groups in total. The van der Waals surface area contributed by atoms with Gasteiger partial charge in [0.15, 0.2) is 0 Å². The fourth-order valence-electron chi connectivity index (χ4n) is 4.65. The Morgan fingerprint density at radius 1 is 1.19 bits per heavy atom. The average molecular weight is 470 g/mol. The number of para-hydroxylation sites is 1. The van der Waals surface area contributed by atoms with Gasteiger partial charge in [-0.3, -0.25) is 4.79 Å². The Bertz CT molecular complexity index is 1110. The topological polar surface area (TPSA) is 71.5 Å². The highest BCUT2D eigenvalue weighted by Crippen LogP contribution is 2.46. The summed E-state index contributed by atoms with van der Waals surface area (Å²) in [5.41, 5.74) is 3.22. The molecular formula is C24H27N3O3S2. The van der Waals surface area contributed by atoms with Gasteiger partial charge in [-0.2, -0.15) is 0 Å². The van der Waals surface area contributed by atoms with Crippen LogP contribution in [0.1, 0.15) is 49.5 Å². The molecule has 0 saturated heterocycles. The Morgan fingerprint density at radius 2 is 2.00 bits per heavy atom. The number of benzene rings is 1. The Hall–Kier alpha value is -2.45. The molecule has 5 rings (SSSR count). The van der Waals surface area contributed by atoms with E-state index in [9.17, 15) is 9.59 Å². The van der Waals surface area contributed by atoms with Crippen molar-refractivity contribution in [3.8, 4) is 10.6 Å². The molecule has 32 heavy (non-hydrogen) atoms. The number of carbonyl (C=O) groups excluding carboxylic acids is 2. The number of nitrogens with zero attached hydrogens (tertiary/aromatic N) is 2. The second kappa shape index (κ2) is 9.19. The van der Waals surface area contributed by atoms with Gasteiger partial charge in [0.25, 0.3) is 0 Å². The maximum Gasteiger partial charge on any atom is 0.410 e. The van der Waals surface area contributed by atoms with Crippen LogP contribution in [0.2, 0.25) is 0 Å². The van der Waals surface area contributed by atoms with Gasteiger partial charge in [-0.1, -0.05) is 31.4 Å². The van der Waals surface area contributed by atoms with Crippen molar-refractivity contribution in [3.05, 3.63) is 34.7 Å². The molecule has 168 valence electrons. The van der Waals surface area contributed by atoms with Crippen LogP contribution in [0.4, 0.5) is 9.80 Å². The van der Waals surface area contributed by atoms with E-state index in [4.69, 9.17) is 9.72 Å². The maximum atomic E-state index is 13.1. The molecule has 0 bridgehead atoms. The number of nitrogens with one attached hydrogen (secondary N) is 1. The van der Waals surface area contributed by atoms with E-state index in [-0.39, 0.29) is 17.9 Å². The third-order valence-electron chi connectivity index (χ3n) is 6.30. The van der Waals surface area contributed by atoms with Crippen molar-refractivity contribution >= 4 is 49.9 Å². The zero-order chi connectivity index (χ0) is 22.1. The van der Waals surface area contributed by atoms with Crippen LogP contribution >= 0.6 is 22.7 Å². The summed E-state index contributed by atoms with van der Waals surface area (Å²) < 4.78 is 6.35. The lowest BCUT2D eigenvalue weighted by Gasteiger charge is -2.26. The first-order valence-electron chi connectivity index (χ1n) is 11.4. The molecule has 0 unspecified atom stereocenters. The number of anilines is 1. The molecule has 3 heterocycles. The number of hydrogen-bond donors (Lipinski definition) is 1. The minimum absolute atomic E-state index is 0.0853. The van der Waals surface area contributed by atoms with Gasteiger partial charge in [-0.05, 0) is 43.9 Å². The third-order valence-corrected chi connectivity index (χ3v) is 8.49. The van der Waals surface area contributed by atoms with E-state index in [1.807, 2.05) is 25.1 Å². The van der Waals surface area contributed by atoms with Gasteiger partial charge in [0.05, 0.1) is 23.4 Å². The molecule has 0 atom stereocenters. The third kappa shape index (κ3) is 4.13. The molecule has 1 saturated carbocycles. The highest BCUT2D eigenvalue weighted by atomic mass is 32.1. The van der Waals surface area contributed by atoms with Gasteiger partial charge in [-0.15, -0.1) is 22.7 Å². The molecule has 8 heteroatoms. The van der Waals surface area contributed by atoms with E-state index in [0.29, 0.717) is 19.7 Å². The number of hydrogen-bond acceptors (Lipinski definition) is 6. The van der Waals surface area contributed by atoms with E-state index in [2.05, 4.69) is 11.4 Å². The van der Waals surface area contributed by atoms with Gasteiger partial charge in [0.1, 0.15) is 10.0 Å². The SMILES string of the molecule is CCOC(=O)N1CCc2c(sc(NC(=O)C3CCCCC3)c2-c2nc3ccccc3s2)C1. The van der Waals surface area contributed by atoms with Gasteiger partial charge in [0, 0.05) is 22.9 Å². The van der Waals surface area contributed by atoms with E-state index in [0.717, 1.165) is 62.8 Å². The quantitative estimate of drug-likeness (QED) is 0.504. The number of thiophene rings is 1. The normalized spacial score (nSPS) is 16.7. The monoisotopic (exact) mass is 469 g/mol. The van der Waals surface area contributed by atoms with Crippen LogP contribution in [0.5, 0.6) is 0 Å². The number of carbonyl (C=O) groups is 2. The van der Waals surface area contributed by atoms with Crippen LogP contribution in [0, 0.1) is 5.92 Å². The summed E-state index contributed by atoms with van der Waals surface area (Å²) in [7, 11) is 0. The second-order valence-corrected chi connectivity index (χ2v) is 10.5. The van der Waals surface area contributed by atoms with Crippen LogP contribution in [0.3, 0.4) is 0 Å². The van der Waals surface area contributed by atoms with Crippen molar-refractivity contribution in [2.75, 3.05) is 18.5 Å². The van der Waals surface area contributed by atoms with Crippen molar-refractivity contribution in [2.45, 2.75) is 52.0 Å². The summed E-state index contributed by atoms with van der Waals surface area (Å²) in [6.45, 7) is 3.31. The number of fused-ring (bicyclic) bond motifs is 2. The van der Waals surface area contributed by atoms with Crippen LogP contribution in [-0.2, 0) is 22.5 Å². The van der Waals surface area contributed by atoms with Crippen LogP contribution in [0.25, 0.3) is 20.8 Å². The van der Waals surface area contributed by atoms with Crippen molar-refractivity contribution in [1.29, 1.82) is 0 Å². The first-order chi connectivity index (χ1) is 15.6. The van der Waals surface area contributed by atoms with E-state index in [1.54, 1.807) is 27.6 Å². The number of aromatic nitrogens is 1. The minimum Gasteiger partial charge on any atom is -0.450 e. The predicted molar refractivity (Wildman–Crippen MR) is 129 cm³/mol. The van der Waals surface area contributed by atoms with E-state index >= 15 is 0 Å². The molecule has 2 aliphatic rings. The number of amides is 2.